The van der Waals surface area contributed by atoms with Crippen molar-refractivity contribution in [3.8, 4) is 17.4 Å². The number of ether oxygens (including phenoxy) is 2. The number of nitrogens with one attached hydrogen (secondary N) is 2. The first kappa shape index (κ1) is 21.2. The number of anilines is 1. The van der Waals surface area contributed by atoms with Gasteiger partial charge in [-0.05, 0) is 36.6 Å². The van der Waals surface area contributed by atoms with E-state index in [4.69, 9.17) is 15.2 Å². The third-order valence-corrected chi connectivity index (χ3v) is 4.00. The number of hydrogen-bond donors (Lipinski definition) is 3. The molecule has 2 aromatic rings. The molecule has 1 aromatic heterocycles. The number of hydrogen-bond acceptors (Lipinski definition) is 6. The lowest BCUT2D eigenvalue weighted by molar-refractivity contribution is -0.125. The Bertz CT molecular complexity index is 821. The highest BCUT2D eigenvalue weighted by molar-refractivity contribution is 5.95. The lowest BCUT2D eigenvalue weighted by atomic mass is 10.1. The fourth-order valence-corrected chi connectivity index (χ4v) is 2.28. The van der Waals surface area contributed by atoms with Crippen molar-refractivity contribution in [2.75, 3.05) is 19.0 Å². The summed E-state index contributed by atoms with van der Waals surface area (Å²) in [4.78, 5) is 27.9. The molecule has 0 fully saturated rings. The zero-order valence-electron chi connectivity index (χ0n) is 16.5. The molecule has 28 heavy (non-hydrogen) atoms. The van der Waals surface area contributed by atoms with Crippen LogP contribution in [0.25, 0.3) is 0 Å². The summed E-state index contributed by atoms with van der Waals surface area (Å²) >= 11 is 0. The topological polar surface area (TPSA) is 116 Å². The van der Waals surface area contributed by atoms with Gasteiger partial charge in [-0.1, -0.05) is 19.9 Å². The van der Waals surface area contributed by atoms with E-state index in [-0.39, 0.29) is 24.3 Å². The Hall–Kier alpha value is -3.13. The minimum absolute atomic E-state index is 0.00745. The Kier molecular flexibility index (Phi) is 7.34. The number of nitrogens with zero attached hydrogens (tertiary/aromatic N) is 1. The van der Waals surface area contributed by atoms with Crippen molar-refractivity contribution in [3.05, 3.63) is 42.1 Å². The molecule has 0 saturated carbocycles. The van der Waals surface area contributed by atoms with E-state index < -0.39 is 6.04 Å². The normalized spacial score (nSPS) is 11.6. The molecule has 0 aliphatic rings. The average molecular weight is 386 g/mol. The molecule has 0 bridgehead atoms. The number of amides is 2. The summed E-state index contributed by atoms with van der Waals surface area (Å²) in [6.45, 7) is 5.47. The highest BCUT2D eigenvalue weighted by Gasteiger charge is 2.17. The quantitative estimate of drug-likeness (QED) is 0.641. The van der Waals surface area contributed by atoms with Gasteiger partial charge in [0.1, 0.15) is 0 Å². The van der Waals surface area contributed by atoms with E-state index >= 15 is 0 Å². The third-order valence-electron chi connectivity index (χ3n) is 4.00. The van der Waals surface area contributed by atoms with Crippen molar-refractivity contribution in [1.82, 2.24) is 10.3 Å². The largest absolute Gasteiger partial charge is 0.493 e. The predicted molar refractivity (Wildman–Crippen MR) is 106 cm³/mol. The van der Waals surface area contributed by atoms with E-state index in [0.29, 0.717) is 23.1 Å². The second-order valence-corrected chi connectivity index (χ2v) is 6.68. The van der Waals surface area contributed by atoms with Crippen LogP contribution in [-0.4, -0.2) is 36.5 Å². The molecule has 1 heterocycles. The standard InChI is InChI=1S/C20H26N4O4/c1-12(2)19(21)20(26)23-11-17(25)24-14-6-8-18(22-10-14)28-15-7-5-13(3)9-16(15)27-4/h5-10,12,19H,11,21H2,1-4H3,(H,23,26)(H,24,25)/t19-/m0/s1. The Morgan fingerprint density at radius 3 is 2.54 bits per heavy atom. The number of aryl methyl sites for hydroxylation is 1. The van der Waals surface area contributed by atoms with Crippen molar-refractivity contribution >= 4 is 17.5 Å². The van der Waals surface area contributed by atoms with Crippen molar-refractivity contribution in [1.29, 1.82) is 0 Å². The van der Waals surface area contributed by atoms with Crippen LogP contribution in [0.15, 0.2) is 36.5 Å². The van der Waals surface area contributed by atoms with Gasteiger partial charge in [-0.2, -0.15) is 0 Å². The first-order chi connectivity index (χ1) is 13.3. The molecule has 2 rings (SSSR count). The zero-order chi connectivity index (χ0) is 20.7. The van der Waals surface area contributed by atoms with Crippen LogP contribution in [0, 0.1) is 12.8 Å². The summed E-state index contributed by atoms with van der Waals surface area (Å²) in [5.74, 6) is 0.762. The minimum atomic E-state index is -0.648. The Labute approximate surface area is 164 Å². The van der Waals surface area contributed by atoms with Crippen molar-refractivity contribution in [3.63, 3.8) is 0 Å². The highest BCUT2D eigenvalue weighted by atomic mass is 16.5. The summed E-state index contributed by atoms with van der Waals surface area (Å²) in [5.41, 5.74) is 7.27. The second kappa shape index (κ2) is 9.70. The molecule has 2 amide bonds. The maximum Gasteiger partial charge on any atom is 0.243 e. The second-order valence-electron chi connectivity index (χ2n) is 6.68. The predicted octanol–water partition coefficient (Wildman–Crippen LogP) is 2.23. The molecule has 150 valence electrons. The number of carbonyl (C=O) groups excluding carboxylic acids is 2. The minimum Gasteiger partial charge on any atom is -0.493 e. The fraction of sp³-hybridized carbons (Fsp3) is 0.350. The number of pyridine rings is 1. The Morgan fingerprint density at radius 1 is 1.18 bits per heavy atom. The monoisotopic (exact) mass is 386 g/mol. The molecule has 1 aromatic carbocycles. The molecular weight excluding hydrogens is 360 g/mol. The van der Waals surface area contributed by atoms with Crippen molar-refractivity contribution in [2.24, 2.45) is 11.7 Å². The van der Waals surface area contributed by atoms with E-state index in [0.717, 1.165) is 5.56 Å². The Morgan fingerprint density at radius 2 is 1.93 bits per heavy atom. The van der Waals surface area contributed by atoms with Crippen LogP contribution in [-0.2, 0) is 9.59 Å². The summed E-state index contributed by atoms with van der Waals surface area (Å²) in [5, 5.41) is 5.16. The average Bonchev–Trinajstić information content (AvgIpc) is 2.68. The molecule has 0 radical (unpaired) electrons. The zero-order valence-corrected chi connectivity index (χ0v) is 16.5. The molecule has 0 spiro atoms. The van der Waals surface area contributed by atoms with E-state index in [1.165, 1.54) is 6.20 Å². The smallest absolute Gasteiger partial charge is 0.243 e. The highest BCUT2D eigenvalue weighted by Crippen LogP contribution is 2.31. The number of rotatable bonds is 8. The van der Waals surface area contributed by atoms with Gasteiger partial charge >= 0.3 is 0 Å². The van der Waals surface area contributed by atoms with Gasteiger partial charge in [-0.3, -0.25) is 9.59 Å². The molecule has 8 heteroatoms. The van der Waals surface area contributed by atoms with Crippen molar-refractivity contribution in [2.45, 2.75) is 26.8 Å². The lowest BCUT2D eigenvalue weighted by Gasteiger charge is -2.15. The van der Waals surface area contributed by atoms with E-state index in [1.54, 1.807) is 25.3 Å². The van der Waals surface area contributed by atoms with Gasteiger partial charge in [0.05, 0.1) is 31.6 Å². The van der Waals surface area contributed by atoms with Gasteiger partial charge in [0.2, 0.25) is 17.7 Å². The van der Waals surface area contributed by atoms with Crippen LogP contribution >= 0.6 is 0 Å². The van der Waals surface area contributed by atoms with Gasteiger partial charge in [0.25, 0.3) is 0 Å². The van der Waals surface area contributed by atoms with Crippen LogP contribution in [0.1, 0.15) is 19.4 Å². The summed E-state index contributed by atoms with van der Waals surface area (Å²) in [6, 6.07) is 8.21. The first-order valence-corrected chi connectivity index (χ1v) is 8.92. The van der Waals surface area contributed by atoms with Crippen LogP contribution in [0.4, 0.5) is 5.69 Å². The molecule has 8 nitrogen and oxygen atoms in total. The molecule has 0 saturated heterocycles. The number of carbonyl (C=O) groups is 2. The summed E-state index contributed by atoms with van der Waals surface area (Å²) in [7, 11) is 1.57. The first-order valence-electron chi connectivity index (χ1n) is 8.92. The van der Waals surface area contributed by atoms with Gasteiger partial charge in [-0.25, -0.2) is 4.98 Å². The van der Waals surface area contributed by atoms with Gasteiger partial charge < -0.3 is 25.8 Å². The van der Waals surface area contributed by atoms with Crippen LogP contribution in [0.5, 0.6) is 17.4 Å². The van der Waals surface area contributed by atoms with E-state index in [1.807, 2.05) is 32.9 Å². The van der Waals surface area contributed by atoms with Gasteiger partial charge in [0, 0.05) is 6.07 Å². The van der Waals surface area contributed by atoms with Crippen molar-refractivity contribution < 1.29 is 19.1 Å². The lowest BCUT2D eigenvalue weighted by Crippen LogP contribution is -2.46. The van der Waals surface area contributed by atoms with E-state index in [2.05, 4.69) is 15.6 Å². The van der Waals surface area contributed by atoms with Gasteiger partial charge in [0.15, 0.2) is 11.5 Å². The summed E-state index contributed by atoms with van der Waals surface area (Å²) < 4.78 is 11.0. The number of benzene rings is 1. The van der Waals surface area contributed by atoms with E-state index in [9.17, 15) is 9.59 Å². The molecule has 0 aliphatic heterocycles. The molecule has 0 unspecified atom stereocenters. The Balaban J connectivity index is 1.90. The molecule has 1 atom stereocenters. The SMILES string of the molecule is COc1cc(C)ccc1Oc1ccc(NC(=O)CNC(=O)[C@@H](N)C(C)C)cn1. The van der Waals surface area contributed by atoms with Gasteiger partial charge in [-0.15, -0.1) is 0 Å². The third kappa shape index (κ3) is 5.95. The summed E-state index contributed by atoms with van der Waals surface area (Å²) in [6.07, 6.45) is 1.47. The van der Waals surface area contributed by atoms with Crippen LogP contribution in [0.2, 0.25) is 0 Å². The number of nitrogens with two attached hydrogens (primary N) is 1. The maximum absolute atomic E-state index is 12.0. The van der Waals surface area contributed by atoms with Crippen LogP contribution in [0.3, 0.4) is 0 Å². The molecule has 4 N–H and O–H groups in total. The van der Waals surface area contributed by atoms with Crippen LogP contribution < -0.4 is 25.8 Å². The number of aromatic nitrogens is 1. The maximum atomic E-state index is 12.0. The molecular formula is C20H26N4O4. The number of methoxy groups -OCH3 is 1. The molecule has 0 aliphatic carbocycles. The fourth-order valence-electron chi connectivity index (χ4n) is 2.28.